The predicted molar refractivity (Wildman–Crippen MR) is 75.0 cm³/mol. The van der Waals surface area contributed by atoms with E-state index >= 15 is 0 Å². The first-order valence-electron chi connectivity index (χ1n) is 6.01. The van der Waals surface area contributed by atoms with E-state index in [2.05, 4.69) is 26.7 Å². The Morgan fingerprint density at radius 3 is 2.33 bits per heavy atom. The number of hydrogen-bond donors (Lipinski definition) is 2. The molecule has 0 radical (unpaired) electrons. The second kappa shape index (κ2) is 7.84. The summed E-state index contributed by atoms with van der Waals surface area (Å²) in [6.45, 7) is 13.4. The molecule has 0 spiro atoms. The molecule has 0 bridgehead atoms. The minimum atomic E-state index is -0.341. The average molecular weight is 252 g/mol. The lowest BCUT2D eigenvalue weighted by Gasteiger charge is -2.22. The average Bonchev–Trinajstić information content (AvgIpc) is 2.35. The maximum absolute atomic E-state index is 11.7. The Kier molecular flexibility index (Phi) is 7.24. The lowest BCUT2D eigenvalue weighted by Crippen LogP contribution is -2.33. The molecule has 0 aliphatic heterocycles. The molecule has 0 fully saturated rings. The van der Waals surface area contributed by atoms with Crippen molar-refractivity contribution in [3.05, 3.63) is 36.5 Å². The van der Waals surface area contributed by atoms with E-state index in [9.17, 15) is 4.79 Å². The van der Waals surface area contributed by atoms with E-state index < -0.39 is 0 Å². The molecule has 1 amide bonds. The van der Waals surface area contributed by atoms with Crippen LogP contribution in [0.5, 0.6) is 0 Å². The molecule has 18 heavy (non-hydrogen) atoms. The zero-order valence-corrected chi connectivity index (χ0v) is 11.4. The van der Waals surface area contributed by atoms with Crippen molar-refractivity contribution in [2.75, 3.05) is 20.2 Å². The fourth-order valence-corrected chi connectivity index (χ4v) is 1.54. The monoisotopic (exact) mass is 252 g/mol. The van der Waals surface area contributed by atoms with Crippen LogP contribution in [0.2, 0.25) is 0 Å². The number of nitrogens with zero attached hydrogens (tertiary/aromatic N) is 1. The van der Waals surface area contributed by atoms with Crippen LogP contribution in [0.1, 0.15) is 19.8 Å². The Hall–Kier alpha value is -1.39. The summed E-state index contributed by atoms with van der Waals surface area (Å²) in [6, 6.07) is -0.118. The molecule has 0 aliphatic carbocycles. The Morgan fingerprint density at radius 1 is 1.33 bits per heavy atom. The smallest absolute Gasteiger partial charge is 0.251 e. The molecule has 0 aromatic carbocycles. The van der Waals surface area contributed by atoms with Crippen LogP contribution >= 0.6 is 0 Å². The topological polar surface area (TPSA) is 66.6 Å². The molecule has 0 unspecified atom stereocenters. The molecule has 102 valence electrons. The van der Waals surface area contributed by atoms with Crippen LogP contribution in [-0.4, -0.2) is 42.2 Å². The molecule has 4 nitrogen and oxygen atoms in total. The Labute approximate surface area is 109 Å². The standard InChI is InChI=1S/C14H24N2O2/c1-6-7-13(15)12(4)10(2)8-16(5)14(18)11(3)9-17/h13,17H,2-4,6-9,15H2,1,5H3/t13-/m0/s1. The highest BCUT2D eigenvalue weighted by Crippen LogP contribution is 2.14. The first-order valence-corrected chi connectivity index (χ1v) is 6.01. The van der Waals surface area contributed by atoms with Gasteiger partial charge in [-0.25, -0.2) is 0 Å². The van der Waals surface area contributed by atoms with Crippen molar-refractivity contribution in [1.29, 1.82) is 0 Å². The molecular weight excluding hydrogens is 228 g/mol. The summed E-state index contributed by atoms with van der Waals surface area (Å²) in [5.74, 6) is -0.296. The minimum Gasteiger partial charge on any atom is -0.391 e. The fourth-order valence-electron chi connectivity index (χ4n) is 1.54. The maximum Gasteiger partial charge on any atom is 0.251 e. The molecule has 0 saturated heterocycles. The largest absolute Gasteiger partial charge is 0.391 e. The van der Waals surface area contributed by atoms with E-state index in [-0.39, 0.29) is 24.1 Å². The van der Waals surface area contributed by atoms with Crippen LogP contribution in [0.3, 0.4) is 0 Å². The third-order valence-electron chi connectivity index (χ3n) is 2.77. The number of rotatable bonds is 8. The van der Waals surface area contributed by atoms with E-state index in [0.29, 0.717) is 6.54 Å². The fraction of sp³-hybridized carbons (Fsp3) is 0.500. The lowest BCUT2D eigenvalue weighted by atomic mass is 9.98. The minimum absolute atomic E-state index is 0.118. The van der Waals surface area contributed by atoms with Crippen LogP contribution < -0.4 is 5.73 Å². The molecule has 0 heterocycles. The summed E-state index contributed by atoms with van der Waals surface area (Å²) in [7, 11) is 1.63. The number of amides is 1. The predicted octanol–water partition coefficient (Wildman–Crippen LogP) is 1.23. The second-order valence-corrected chi connectivity index (χ2v) is 4.45. The van der Waals surface area contributed by atoms with Gasteiger partial charge in [-0.15, -0.1) is 0 Å². The van der Waals surface area contributed by atoms with Gasteiger partial charge in [0.1, 0.15) is 0 Å². The van der Waals surface area contributed by atoms with Crippen molar-refractivity contribution < 1.29 is 9.90 Å². The van der Waals surface area contributed by atoms with Crippen LogP contribution in [0.15, 0.2) is 36.5 Å². The number of carbonyl (C=O) groups is 1. The van der Waals surface area contributed by atoms with Gasteiger partial charge in [-0.1, -0.05) is 33.1 Å². The van der Waals surface area contributed by atoms with Crippen molar-refractivity contribution >= 4 is 5.91 Å². The second-order valence-electron chi connectivity index (χ2n) is 4.45. The van der Waals surface area contributed by atoms with Crippen molar-refractivity contribution in [3.63, 3.8) is 0 Å². The maximum atomic E-state index is 11.7. The Balaban J connectivity index is 4.44. The van der Waals surface area contributed by atoms with E-state index in [1.165, 1.54) is 4.90 Å². The van der Waals surface area contributed by atoms with Crippen LogP contribution in [0.4, 0.5) is 0 Å². The van der Waals surface area contributed by atoms with Gasteiger partial charge in [-0.3, -0.25) is 4.79 Å². The molecule has 0 saturated carbocycles. The van der Waals surface area contributed by atoms with Gasteiger partial charge in [0.15, 0.2) is 0 Å². The van der Waals surface area contributed by atoms with Gasteiger partial charge in [0, 0.05) is 25.2 Å². The molecule has 0 aliphatic rings. The van der Waals surface area contributed by atoms with Gasteiger partial charge in [-0.05, 0) is 17.6 Å². The lowest BCUT2D eigenvalue weighted by molar-refractivity contribution is -0.125. The van der Waals surface area contributed by atoms with Crippen LogP contribution in [-0.2, 0) is 4.79 Å². The summed E-state index contributed by atoms with van der Waals surface area (Å²) in [5.41, 5.74) is 7.61. The number of carbonyl (C=O) groups excluding carboxylic acids is 1. The first kappa shape index (κ1) is 16.6. The summed E-state index contributed by atoms with van der Waals surface area (Å²) in [5, 5.41) is 8.85. The van der Waals surface area contributed by atoms with Gasteiger partial charge in [0.2, 0.25) is 0 Å². The number of nitrogens with two attached hydrogens (primary N) is 1. The number of hydrogen-bond acceptors (Lipinski definition) is 3. The first-order chi connectivity index (χ1) is 8.34. The molecule has 1 atom stereocenters. The van der Waals surface area contributed by atoms with Gasteiger partial charge in [0.25, 0.3) is 5.91 Å². The van der Waals surface area contributed by atoms with E-state index in [4.69, 9.17) is 10.8 Å². The van der Waals surface area contributed by atoms with Gasteiger partial charge >= 0.3 is 0 Å². The quantitative estimate of drug-likeness (QED) is 0.504. The van der Waals surface area contributed by atoms with E-state index in [1.54, 1.807) is 7.05 Å². The van der Waals surface area contributed by atoms with Crippen molar-refractivity contribution in [2.45, 2.75) is 25.8 Å². The highest BCUT2D eigenvalue weighted by atomic mass is 16.3. The van der Waals surface area contributed by atoms with Crippen LogP contribution in [0, 0.1) is 0 Å². The normalized spacial score (nSPS) is 11.8. The zero-order valence-electron chi connectivity index (χ0n) is 11.4. The number of likely N-dealkylation sites (N-methyl/N-ethyl adjacent to an activating group) is 1. The summed E-state index contributed by atoms with van der Waals surface area (Å²) < 4.78 is 0. The van der Waals surface area contributed by atoms with E-state index in [1.807, 2.05) is 0 Å². The SMILES string of the molecule is C=C(CN(C)C(=O)C(=C)CO)C(=C)[C@@H](N)CCC. The van der Waals surface area contributed by atoms with Crippen molar-refractivity contribution in [3.8, 4) is 0 Å². The Morgan fingerprint density at radius 2 is 1.89 bits per heavy atom. The van der Waals surface area contributed by atoms with E-state index in [0.717, 1.165) is 24.0 Å². The molecule has 0 aromatic rings. The highest BCUT2D eigenvalue weighted by molar-refractivity contribution is 5.93. The summed E-state index contributed by atoms with van der Waals surface area (Å²) >= 11 is 0. The zero-order chi connectivity index (χ0) is 14.3. The summed E-state index contributed by atoms with van der Waals surface area (Å²) in [6.07, 6.45) is 1.82. The molecule has 3 N–H and O–H groups in total. The third-order valence-corrected chi connectivity index (χ3v) is 2.77. The summed E-state index contributed by atoms with van der Waals surface area (Å²) in [4.78, 5) is 13.1. The molecule has 4 heteroatoms. The van der Waals surface area contributed by atoms with Crippen molar-refractivity contribution in [2.24, 2.45) is 5.73 Å². The number of aliphatic hydroxyl groups excluding tert-OH is 1. The highest BCUT2D eigenvalue weighted by Gasteiger charge is 2.16. The van der Waals surface area contributed by atoms with Gasteiger partial charge in [0.05, 0.1) is 6.61 Å². The van der Waals surface area contributed by atoms with Crippen LogP contribution in [0.25, 0.3) is 0 Å². The van der Waals surface area contributed by atoms with Crippen molar-refractivity contribution in [1.82, 2.24) is 4.90 Å². The van der Waals surface area contributed by atoms with Gasteiger partial charge in [-0.2, -0.15) is 0 Å². The third kappa shape index (κ3) is 4.85. The molecular formula is C14H24N2O2. The Bertz CT molecular complexity index is 348. The molecule has 0 rings (SSSR count). The molecule has 0 aromatic heterocycles. The number of aliphatic hydroxyl groups is 1. The van der Waals surface area contributed by atoms with Gasteiger partial charge < -0.3 is 15.7 Å².